The Balaban J connectivity index is 1.41. The molecule has 2 aliphatic heterocycles. The Morgan fingerprint density at radius 1 is 0.868 bits per heavy atom. The lowest BCUT2D eigenvalue weighted by atomic mass is 10.0. The maximum absolute atomic E-state index is 12.8. The maximum Gasteiger partial charge on any atom is 0.228 e. The molecule has 2 aromatic carbocycles. The van der Waals surface area contributed by atoms with E-state index >= 15 is 0 Å². The highest BCUT2D eigenvalue weighted by Gasteiger charge is 2.46. The number of aliphatic hydroxyl groups excluding tert-OH is 5. The molecule has 8 atom stereocenters. The van der Waals surface area contributed by atoms with Gasteiger partial charge in [-0.15, -0.1) is 0 Å². The number of phenols is 1. The van der Waals surface area contributed by atoms with Gasteiger partial charge in [-0.1, -0.05) is 30.3 Å². The van der Waals surface area contributed by atoms with Crippen molar-refractivity contribution in [2.45, 2.75) is 56.1 Å². The normalized spacial score (nSPS) is 31.8. The largest absolute Gasteiger partial charge is 0.507 e. The summed E-state index contributed by atoms with van der Waals surface area (Å²) in [6.45, 7) is 0.849. The van der Waals surface area contributed by atoms with E-state index in [2.05, 4.69) is 0 Å². The topological polar surface area (TPSA) is 189 Å². The van der Waals surface area contributed by atoms with Crippen molar-refractivity contribution in [3.63, 3.8) is 0 Å². The average Bonchev–Trinajstić information content (AvgIpc) is 2.91. The minimum Gasteiger partial charge on any atom is -0.507 e. The summed E-state index contributed by atoms with van der Waals surface area (Å²) in [7, 11) is 0. The molecule has 2 saturated heterocycles. The number of benzene rings is 2. The molecule has 5 rings (SSSR count). The van der Waals surface area contributed by atoms with Crippen LogP contribution in [0.25, 0.3) is 22.3 Å². The van der Waals surface area contributed by atoms with Crippen molar-refractivity contribution in [1.29, 1.82) is 0 Å². The van der Waals surface area contributed by atoms with Crippen molar-refractivity contribution in [3.05, 3.63) is 58.3 Å². The van der Waals surface area contributed by atoms with E-state index in [4.69, 9.17) is 23.4 Å². The number of aliphatic hydroxyl groups is 5. The molecular formula is C26H28O12. The van der Waals surface area contributed by atoms with Gasteiger partial charge in [0.2, 0.25) is 6.29 Å². The second-order valence-corrected chi connectivity index (χ2v) is 9.29. The fourth-order valence-electron chi connectivity index (χ4n) is 4.47. The van der Waals surface area contributed by atoms with Crippen molar-refractivity contribution in [2.24, 2.45) is 0 Å². The van der Waals surface area contributed by atoms with Crippen molar-refractivity contribution in [2.75, 3.05) is 13.2 Å². The highest BCUT2D eigenvalue weighted by atomic mass is 16.7. The second-order valence-electron chi connectivity index (χ2n) is 9.29. The molecule has 0 saturated carbocycles. The Hall–Kier alpha value is -3.07. The second kappa shape index (κ2) is 10.6. The third kappa shape index (κ3) is 4.88. The van der Waals surface area contributed by atoms with E-state index in [-0.39, 0.29) is 47.0 Å². The van der Waals surface area contributed by atoms with Crippen LogP contribution in [0.2, 0.25) is 0 Å². The summed E-state index contributed by atoms with van der Waals surface area (Å²) in [4.78, 5) is 12.8. The lowest BCUT2D eigenvalue weighted by Gasteiger charge is -2.42. The smallest absolute Gasteiger partial charge is 0.228 e. The summed E-state index contributed by atoms with van der Waals surface area (Å²) in [5, 5.41) is 61.6. The fourth-order valence-corrected chi connectivity index (χ4v) is 4.47. The van der Waals surface area contributed by atoms with Crippen LogP contribution in [0.3, 0.4) is 0 Å². The van der Waals surface area contributed by atoms with Gasteiger partial charge in [0.1, 0.15) is 64.9 Å². The minimum absolute atomic E-state index is 0.0371. The zero-order chi connectivity index (χ0) is 27.1. The molecule has 0 spiro atoms. The zero-order valence-corrected chi connectivity index (χ0v) is 20.2. The highest BCUT2D eigenvalue weighted by Crippen LogP contribution is 2.37. The highest BCUT2D eigenvalue weighted by molar-refractivity contribution is 5.87. The van der Waals surface area contributed by atoms with Gasteiger partial charge in [-0.3, -0.25) is 4.79 Å². The molecule has 1 aromatic heterocycles. The molecule has 12 nitrogen and oxygen atoms in total. The first-order chi connectivity index (χ1) is 18.2. The van der Waals surface area contributed by atoms with Crippen LogP contribution in [-0.2, 0) is 14.2 Å². The Labute approximate surface area is 215 Å². The van der Waals surface area contributed by atoms with E-state index in [0.717, 1.165) is 0 Å². The third-order valence-corrected chi connectivity index (χ3v) is 6.67. The molecule has 38 heavy (non-hydrogen) atoms. The maximum atomic E-state index is 12.8. The first-order valence-electron chi connectivity index (χ1n) is 12.0. The van der Waals surface area contributed by atoms with Crippen LogP contribution in [0.15, 0.2) is 51.7 Å². The molecule has 12 heteroatoms. The van der Waals surface area contributed by atoms with E-state index in [1.54, 1.807) is 24.3 Å². The molecule has 0 amide bonds. The Morgan fingerprint density at radius 2 is 1.55 bits per heavy atom. The van der Waals surface area contributed by atoms with Crippen molar-refractivity contribution in [3.8, 4) is 22.8 Å². The van der Waals surface area contributed by atoms with Gasteiger partial charge in [0.15, 0.2) is 11.7 Å². The summed E-state index contributed by atoms with van der Waals surface area (Å²) in [6.07, 6.45) is -11.7. The molecular weight excluding hydrogens is 504 g/mol. The molecule has 2 aliphatic rings. The number of hydrogen-bond acceptors (Lipinski definition) is 12. The van der Waals surface area contributed by atoms with Crippen molar-refractivity contribution in [1.82, 2.24) is 0 Å². The number of hydrogen-bond donors (Lipinski definition) is 6. The molecule has 204 valence electrons. The lowest BCUT2D eigenvalue weighted by Crippen LogP contribution is -2.60. The van der Waals surface area contributed by atoms with Gasteiger partial charge in [-0.2, -0.15) is 0 Å². The van der Waals surface area contributed by atoms with Gasteiger partial charge in [-0.05, 0) is 6.92 Å². The molecule has 6 N–H and O–H groups in total. The van der Waals surface area contributed by atoms with Crippen LogP contribution in [0.1, 0.15) is 5.56 Å². The standard InChI is InChI=1S/C26H28O12/c1-11-16(8-18-19(20(11)30)13(27)7-17(36-18)12-5-3-2-4-6-12)37-26-23(33)24(15(29)10-35-26)38-25-22(32)21(31)14(28)9-34-25/h2-8,14-15,21-26,28-33H,9-10H2,1H3. The lowest BCUT2D eigenvalue weighted by molar-refractivity contribution is -0.326. The Kier molecular flexibility index (Phi) is 7.40. The number of phenolic OH excluding ortho intramolecular Hbond substituents is 1. The van der Waals surface area contributed by atoms with Crippen LogP contribution in [0.4, 0.5) is 0 Å². The quantitative estimate of drug-likeness (QED) is 0.253. The van der Waals surface area contributed by atoms with Gasteiger partial charge in [0.25, 0.3) is 0 Å². The molecule has 0 bridgehead atoms. The number of fused-ring (bicyclic) bond motifs is 1. The minimum atomic E-state index is -1.64. The summed E-state index contributed by atoms with van der Waals surface area (Å²) in [5.74, 6) is -0.0495. The monoisotopic (exact) mass is 532 g/mol. The summed E-state index contributed by atoms with van der Waals surface area (Å²) < 4.78 is 27.9. The summed E-state index contributed by atoms with van der Waals surface area (Å²) in [6, 6.07) is 11.6. The van der Waals surface area contributed by atoms with Crippen LogP contribution in [-0.4, -0.2) is 93.1 Å². The fraction of sp³-hybridized carbons (Fsp3) is 0.423. The van der Waals surface area contributed by atoms with Crippen LogP contribution in [0.5, 0.6) is 11.5 Å². The first kappa shape index (κ1) is 26.5. The van der Waals surface area contributed by atoms with E-state index < -0.39 is 54.6 Å². The SMILES string of the molecule is Cc1c(OC2OCC(O)C(OC3OCC(O)C(O)C3O)C2O)cc2oc(-c3ccccc3)cc(=O)c2c1O. The van der Waals surface area contributed by atoms with E-state index in [0.29, 0.717) is 5.56 Å². The predicted octanol–water partition coefficient (Wildman–Crippen LogP) is -0.245. The third-order valence-electron chi connectivity index (χ3n) is 6.67. The molecule has 0 aliphatic carbocycles. The zero-order valence-electron chi connectivity index (χ0n) is 20.2. The summed E-state index contributed by atoms with van der Waals surface area (Å²) >= 11 is 0. The van der Waals surface area contributed by atoms with Crippen molar-refractivity contribution < 1.29 is 54.0 Å². The van der Waals surface area contributed by atoms with Gasteiger partial charge in [0, 0.05) is 23.3 Å². The van der Waals surface area contributed by atoms with Crippen LogP contribution >= 0.6 is 0 Å². The number of aromatic hydroxyl groups is 1. The predicted molar refractivity (Wildman–Crippen MR) is 129 cm³/mol. The number of ether oxygens (including phenoxy) is 4. The first-order valence-corrected chi connectivity index (χ1v) is 12.0. The van der Waals surface area contributed by atoms with E-state index in [1.807, 2.05) is 6.07 Å². The molecule has 3 aromatic rings. The van der Waals surface area contributed by atoms with Gasteiger partial charge in [-0.25, -0.2) is 0 Å². The van der Waals surface area contributed by atoms with Gasteiger partial charge >= 0.3 is 0 Å². The summed E-state index contributed by atoms with van der Waals surface area (Å²) in [5.41, 5.74) is 0.415. The van der Waals surface area contributed by atoms with Crippen LogP contribution < -0.4 is 10.2 Å². The Bertz CT molecular complexity index is 1340. The Morgan fingerprint density at radius 3 is 2.29 bits per heavy atom. The van der Waals surface area contributed by atoms with E-state index in [1.165, 1.54) is 19.1 Å². The molecule has 2 fully saturated rings. The molecule has 8 unspecified atom stereocenters. The van der Waals surface area contributed by atoms with Gasteiger partial charge in [0.05, 0.1) is 13.2 Å². The van der Waals surface area contributed by atoms with Crippen LogP contribution in [0, 0.1) is 6.92 Å². The van der Waals surface area contributed by atoms with Gasteiger partial charge < -0.3 is 54.0 Å². The molecule has 0 radical (unpaired) electrons. The number of rotatable bonds is 5. The van der Waals surface area contributed by atoms with E-state index in [9.17, 15) is 35.4 Å². The molecule has 3 heterocycles. The van der Waals surface area contributed by atoms with Crippen molar-refractivity contribution >= 4 is 11.0 Å². The average molecular weight is 532 g/mol.